The first-order chi connectivity index (χ1) is 13.5. The molecule has 1 heterocycles. The van der Waals surface area contributed by atoms with E-state index in [1.807, 2.05) is 6.07 Å². The molecule has 142 valence electrons. The number of hydrogen-bond donors (Lipinski definition) is 2. The van der Waals surface area contributed by atoms with Crippen LogP contribution in [0.25, 0.3) is 6.08 Å². The van der Waals surface area contributed by atoms with E-state index >= 15 is 0 Å². The number of nitrogens with one attached hydrogen (secondary N) is 2. The summed E-state index contributed by atoms with van der Waals surface area (Å²) in [6.45, 7) is 1.80. The van der Waals surface area contributed by atoms with Crippen molar-refractivity contribution < 1.29 is 18.7 Å². The van der Waals surface area contributed by atoms with Crippen molar-refractivity contribution in [2.24, 2.45) is 0 Å². The highest BCUT2D eigenvalue weighted by atomic mass is 16.5. The van der Waals surface area contributed by atoms with Crippen LogP contribution in [0.3, 0.4) is 0 Å². The van der Waals surface area contributed by atoms with E-state index in [9.17, 15) is 9.59 Å². The Morgan fingerprint density at radius 1 is 0.964 bits per heavy atom. The summed E-state index contributed by atoms with van der Waals surface area (Å²) in [5.74, 6) is 0.988. The van der Waals surface area contributed by atoms with Gasteiger partial charge >= 0.3 is 0 Å². The molecule has 0 bridgehead atoms. The molecule has 3 rings (SSSR count). The molecule has 1 aromatic heterocycles. The molecule has 6 heteroatoms. The lowest BCUT2D eigenvalue weighted by molar-refractivity contribution is -0.113. The first-order valence-electron chi connectivity index (χ1n) is 8.65. The SMILES string of the molecule is COc1ccc(NC(=O)C(=Cc2ccc(C)o2)NC(=O)c2ccccc2)cc1. The number of carbonyl (C=O) groups excluding carboxylic acids is 2. The lowest BCUT2D eigenvalue weighted by Gasteiger charge is -2.11. The van der Waals surface area contributed by atoms with Crippen LogP contribution in [-0.4, -0.2) is 18.9 Å². The highest BCUT2D eigenvalue weighted by molar-refractivity contribution is 6.10. The van der Waals surface area contributed by atoms with Gasteiger partial charge in [-0.05, 0) is 55.5 Å². The summed E-state index contributed by atoms with van der Waals surface area (Å²) in [7, 11) is 1.57. The second kappa shape index (κ2) is 8.73. The van der Waals surface area contributed by atoms with Gasteiger partial charge in [0.15, 0.2) is 0 Å². The van der Waals surface area contributed by atoms with Gasteiger partial charge in [-0.25, -0.2) is 0 Å². The van der Waals surface area contributed by atoms with Crippen molar-refractivity contribution in [1.29, 1.82) is 0 Å². The molecule has 0 saturated carbocycles. The van der Waals surface area contributed by atoms with Crippen molar-refractivity contribution in [3.8, 4) is 5.75 Å². The lowest BCUT2D eigenvalue weighted by atomic mass is 10.2. The van der Waals surface area contributed by atoms with Crippen LogP contribution in [0.5, 0.6) is 5.75 Å². The van der Waals surface area contributed by atoms with Crippen LogP contribution in [0.15, 0.2) is 76.8 Å². The van der Waals surface area contributed by atoms with E-state index in [2.05, 4.69) is 10.6 Å². The third kappa shape index (κ3) is 4.88. The van der Waals surface area contributed by atoms with Crippen molar-refractivity contribution in [3.05, 3.63) is 89.5 Å². The molecule has 0 spiro atoms. The van der Waals surface area contributed by atoms with Crippen LogP contribution in [0.1, 0.15) is 21.9 Å². The van der Waals surface area contributed by atoms with E-state index in [0.29, 0.717) is 28.5 Å². The summed E-state index contributed by atoms with van der Waals surface area (Å²) in [5, 5.41) is 5.42. The smallest absolute Gasteiger partial charge is 0.272 e. The number of hydrogen-bond acceptors (Lipinski definition) is 4. The number of methoxy groups -OCH3 is 1. The Balaban J connectivity index is 1.83. The van der Waals surface area contributed by atoms with Gasteiger partial charge in [-0.2, -0.15) is 0 Å². The highest BCUT2D eigenvalue weighted by Crippen LogP contribution is 2.17. The average molecular weight is 376 g/mol. The van der Waals surface area contributed by atoms with E-state index in [1.165, 1.54) is 6.08 Å². The Bertz CT molecular complexity index is 989. The predicted octanol–water partition coefficient (Wildman–Crippen LogP) is 4.01. The summed E-state index contributed by atoms with van der Waals surface area (Å²) in [5.41, 5.74) is 1.08. The molecular formula is C22H20N2O4. The fraction of sp³-hybridized carbons (Fsp3) is 0.0909. The zero-order chi connectivity index (χ0) is 19.9. The molecule has 2 aromatic carbocycles. The predicted molar refractivity (Wildman–Crippen MR) is 107 cm³/mol. The van der Waals surface area contributed by atoms with Crippen molar-refractivity contribution in [2.45, 2.75) is 6.92 Å². The molecule has 0 fully saturated rings. The first kappa shape index (κ1) is 19.0. The molecule has 3 aromatic rings. The van der Waals surface area contributed by atoms with Gasteiger partial charge in [0.2, 0.25) is 0 Å². The fourth-order valence-electron chi connectivity index (χ4n) is 2.49. The molecule has 2 N–H and O–H groups in total. The molecule has 2 amide bonds. The van der Waals surface area contributed by atoms with E-state index in [0.717, 1.165) is 0 Å². The monoisotopic (exact) mass is 376 g/mol. The van der Waals surface area contributed by atoms with Crippen LogP contribution in [0.4, 0.5) is 5.69 Å². The largest absolute Gasteiger partial charge is 0.497 e. The zero-order valence-electron chi connectivity index (χ0n) is 15.6. The number of benzene rings is 2. The van der Waals surface area contributed by atoms with Crippen LogP contribution in [0, 0.1) is 6.92 Å². The average Bonchev–Trinajstić information content (AvgIpc) is 3.13. The third-order valence-electron chi connectivity index (χ3n) is 3.92. The van der Waals surface area contributed by atoms with Crippen molar-refractivity contribution >= 4 is 23.6 Å². The molecule has 0 unspecified atom stereocenters. The molecule has 0 aliphatic heterocycles. The third-order valence-corrected chi connectivity index (χ3v) is 3.92. The topological polar surface area (TPSA) is 80.6 Å². The maximum Gasteiger partial charge on any atom is 0.272 e. The minimum Gasteiger partial charge on any atom is -0.497 e. The number of anilines is 1. The second-order valence-corrected chi connectivity index (χ2v) is 6.01. The molecule has 0 saturated heterocycles. The van der Waals surface area contributed by atoms with E-state index in [1.54, 1.807) is 74.7 Å². The summed E-state index contributed by atoms with van der Waals surface area (Å²) in [4.78, 5) is 25.3. The van der Waals surface area contributed by atoms with Gasteiger partial charge in [0.25, 0.3) is 11.8 Å². The molecule has 0 aliphatic carbocycles. The molecule has 0 aliphatic rings. The van der Waals surface area contributed by atoms with Crippen LogP contribution in [-0.2, 0) is 4.79 Å². The van der Waals surface area contributed by atoms with Gasteiger partial charge in [0, 0.05) is 17.3 Å². The van der Waals surface area contributed by atoms with Crippen molar-refractivity contribution in [3.63, 3.8) is 0 Å². The van der Waals surface area contributed by atoms with Crippen LogP contribution in [0.2, 0.25) is 0 Å². The maximum absolute atomic E-state index is 12.8. The van der Waals surface area contributed by atoms with Gasteiger partial charge in [0.1, 0.15) is 23.0 Å². The number of furan rings is 1. The van der Waals surface area contributed by atoms with Gasteiger partial charge in [-0.3, -0.25) is 9.59 Å². The Kier molecular flexibility index (Phi) is 5.91. The highest BCUT2D eigenvalue weighted by Gasteiger charge is 2.16. The minimum absolute atomic E-state index is 0.0685. The van der Waals surface area contributed by atoms with Gasteiger partial charge in [-0.1, -0.05) is 18.2 Å². The summed E-state index contributed by atoms with van der Waals surface area (Å²) in [6.07, 6.45) is 1.49. The summed E-state index contributed by atoms with van der Waals surface area (Å²) >= 11 is 0. The molecule has 28 heavy (non-hydrogen) atoms. The van der Waals surface area contributed by atoms with E-state index in [4.69, 9.17) is 9.15 Å². The molecule has 0 radical (unpaired) electrons. The maximum atomic E-state index is 12.8. The lowest BCUT2D eigenvalue weighted by Crippen LogP contribution is -2.30. The standard InChI is InChI=1S/C22H20N2O4/c1-15-8-11-19(28-15)14-20(24-21(25)16-6-4-3-5-7-16)22(26)23-17-9-12-18(27-2)13-10-17/h3-14H,1-2H3,(H,23,26)(H,24,25). The Morgan fingerprint density at radius 2 is 1.68 bits per heavy atom. The van der Waals surface area contributed by atoms with E-state index in [-0.39, 0.29) is 11.6 Å². The molecule has 0 atom stereocenters. The van der Waals surface area contributed by atoms with E-state index < -0.39 is 5.91 Å². The Morgan fingerprint density at radius 3 is 2.29 bits per heavy atom. The number of ether oxygens (including phenoxy) is 1. The Labute approximate surface area is 162 Å². The fourth-order valence-corrected chi connectivity index (χ4v) is 2.49. The van der Waals surface area contributed by atoms with Gasteiger partial charge in [0.05, 0.1) is 7.11 Å². The van der Waals surface area contributed by atoms with Gasteiger partial charge < -0.3 is 19.8 Å². The summed E-state index contributed by atoms with van der Waals surface area (Å²) in [6, 6.07) is 19.1. The molecule has 6 nitrogen and oxygen atoms in total. The van der Waals surface area contributed by atoms with Crippen molar-refractivity contribution in [2.75, 3.05) is 12.4 Å². The second-order valence-electron chi connectivity index (χ2n) is 6.01. The quantitative estimate of drug-likeness (QED) is 0.637. The number of rotatable bonds is 6. The Hall–Kier alpha value is -3.80. The van der Waals surface area contributed by atoms with Crippen LogP contribution >= 0.6 is 0 Å². The number of amides is 2. The number of carbonyl (C=O) groups is 2. The first-order valence-corrected chi connectivity index (χ1v) is 8.65. The normalized spacial score (nSPS) is 11.0. The summed E-state index contributed by atoms with van der Waals surface area (Å²) < 4.78 is 10.6. The van der Waals surface area contributed by atoms with Crippen molar-refractivity contribution in [1.82, 2.24) is 5.32 Å². The minimum atomic E-state index is -0.469. The zero-order valence-corrected chi connectivity index (χ0v) is 15.6. The molecular weight excluding hydrogens is 356 g/mol. The van der Waals surface area contributed by atoms with Gasteiger partial charge in [-0.15, -0.1) is 0 Å². The van der Waals surface area contributed by atoms with Crippen LogP contribution < -0.4 is 15.4 Å². The number of aryl methyl sites for hydroxylation is 1.